The van der Waals surface area contributed by atoms with Crippen molar-refractivity contribution in [2.45, 2.75) is 26.7 Å². The molecule has 0 amide bonds. The van der Waals surface area contributed by atoms with Crippen molar-refractivity contribution in [3.05, 3.63) is 36.0 Å². The molecule has 0 saturated heterocycles. The average molecular weight is 253 g/mol. The minimum absolute atomic E-state index is 0.667. The molecule has 2 aromatic rings. The molecule has 1 aromatic heterocycles. The third-order valence-electron chi connectivity index (χ3n) is 3.17. The van der Waals surface area contributed by atoms with Gasteiger partial charge >= 0.3 is 0 Å². The fraction of sp³-hybridized carbons (Fsp3) is 0.375. The fourth-order valence-corrected chi connectivity index (χ4v) is 2.42. The van der Waals surface area contributed by atoms with Crippen molar-refractivity contribution in [1.82, 2.24) is 4.98 Å². The van der Waals surface area contributed by atoms with Crippen LogP contribution in [0.25, 0.3) is 10.9 Å². The molecule has 2 rings (SSSR count). The second-order valence-electron chi connectivity index (χ2n) is 4.64. The van der Waals surface area contributed by atoms with E-state index < -0.39 is 0 Å². The van der Waals surface area contributed by atoms with Crippen LogP contribution in [0.4, 0.5) is 5.69 Å². The molecule has 0 radical (unpaired) electrons. The van der Waals surface area contributed by atoms with E-state index in [4.69, 9.17) is 0 Å². The lowest BCUT2D eigenvalue weighted by molar-refractivity contribution is 0.746. The lowest BCUT2D eigenvalue weighted by atomic mass is 10.1. The van der Waals surface area contributed by atoms with Gasteiger partial charge in [0, 0.05) is 24.7 Å². The Bertz CT molecular complexity index is 592. The molecule has 1 heterocycles. The number of hydrogen-bond acceptors (Lipinski definition) is 3. The molecule has 3 heteroatoms. The van der Waals surface area contributed by atoms with Crippen molar-refractivity contribution in [2.24, 2.45) is 0 Å². The number of rotatable bonds is 5. The monoisotopic (exact) mass is 253 g/mol. The summed E-state index contributed by atoms with van der Waals surface area (Å²) < 4.78 is 0. The lowest BCUT2D eigenvalue weighted by Gasteiger charge is -2.26. The van der Waals surface area contributed by atoms with E-state index in [-0.39, 0.29) is 0 Å². The van der Waals surface area contributed by atoms with Crippen molar-refractivity contribution in [3.8, 4) is 6.07 Å². The van der Waals surface area contributed by atoms with Gasteiger partial charge in [-0.3, -0.25) is 4.98 Å². The average Bonchev–Trinajstić information content (AvgIpc) is 2.46. The number of aromatic nitrogens is 1. The van der Waals surface area contributed by atoms with Crippen LogP contribution in [-0.2, 0) is 0 Å². The molecule has 0 aliphatic rings. The first-order chi connectivity index (χ1) is 9.31. The van der Waals surface area contributed by atoms with Gasteiger partial charge in [-0.25, -0.2) is 0 Å². The van der Waals surface area contributed by atoms with Gasteiger partial charge in [-0.15, -0.1) is 0 Å². The van der Waals surface area contributed by atoms with Gasteiger partial charge in [0.1, 0.15) is 6.07 Å². The van der Waals surface area contributed by atoms with Gasteiger partial charge in [-0.2, -0.15) is 5.26 Å². The molecular weight excluding hydrogens is 234 g/mol. The van der Waals surface area contributed by atoms with Crippen molar-refractivity contribution < 1.29 is 0 Å². The Morgan fingerprint density at radius 1 is 1.16 bits per heavy atom. The van der Waals surface area contributed by atoms with Gasteiger partial charge in [0.05, 0.1) is 16.8 Å². The molecule has 0 atom stereocenters. The van der Waals surface area contributed by atoms with E-state index in [1.165, 1.54) is 0 Å². The standard InChI is InChI=1S/C16H19N3/c1-3-9-19(10-4-2)16-13(11-17)12-18-15-8-6-5-7-14(15)16/h5-8,12H,3-4,9-10H2,1-2H3. The highest BCUT2D eigenvalue weighted by Gasteiger charge is 2.14. The normalized spacial score (nSPS) is 10.4. The SMILES string of the molecule is CCCN(CCC)c1c(C#N)cnc2ccccc12. The molecule has 3 nitrogen and oxygen atoms in total. The number of nitrogens with zero attached hydrogens (tertiary/aromatic N) is 3. The second-order valence-corrected chi connectivity index (χ2v) is 4.64. The zero-order valence-electron chi connectivity index (χ0n) is 11.6. The van der Waals surface area contributed by atoms with E-state index in [1.807, 2.05) is 18.2 Å². The van der Waals surface area contributed by atoms with E-state index in [2.05, 4.69) is 35.9 Å². The van der Waals surface area contributed by atoms with E-state index in [1.54, 1.807) is 6.20 Å². The van der Waals surface area contributed by atoms with Gasteiger partial charge < -0.3 is 4.90 Å². The zero-order valence-corrected chi connectivity index (χ0v) is 11.6. The number of anilines is 1. The molecule has 19 heavy (non-hydrogen) atoms. The zero-order chi connectivity index (χ0) is 13.7. The van der Waals surface area contributed by atoms with Crippen LogP contribution in [0.15, 0.2) is 30.5 Å². The Kier molecular flexibility index (Phi) is 4.35. The first kappa shape index (κ1) is 13.4. The topological polar surface area (TPSA) is 39.9 Å². The second kappa shape index (κ2) is 6.19. The van der Waals surface area contributed by atoms with Crippen molar-refractivity contribution >= 4 is 16.6 Å². The minimum Gasteiger partial charge on any atom is -0.370 e. The van der Waals surface area contributed by atoms with Crippen LogP contribution in [0.2, 0.25) is 0 Å². The Morgan fingerprint density at radius 2 is 1.84 bits per heavy atom. The number of benzene rings is 1. The summed E-state index contributed by atoms with van der Waals surface area (Å²) >= 11 is 0. The van der Waals surface area contributed by atoms with Crippen LogP contribution in [0.3, 0.4) is 0 Å². The van der Waals surface area contributed by atoms with Crippen LogP contribution in [0, 0.1) is 11.3 Å². The van der Waals surface area contributed by atoms with Crippen molar-refractivity contribution in [2.75, 3.05) is 18.0 Å². The smallest absolute Gasteiger partial charge is 0.103 e. The maximum Gasteiger partial charge on any atom is 0.103 e. The predicted octanol–water partition coefficient (Wildman–Crippen LogP) is 3.73. The summed E-state index contributed by atoms with van der Waals surface area (Å²) in [6.45, 7) is 6.27. The van der Waals surface area contributed by atoms with Crippen LogP contribution in [0.1, 0.15) is 32.3 Å². The molecule has 0 spiro atoms. The third-order valence-corrected chi connectivity index (χ3v) is 3.17. The molecule has 0 fully saturated rings. The molecule has 0 bridgehead atoms. The lowest BCUT2D eigenvalue weighted by Crippen LogP contribution is -2.26. The Labute approximate surface area is 114 Å². The highest BCUT2D eigenvalue weighted by atomic mass is 15.1. The summed E-state index contributed by atoms with van der Waals surface area (Å²) in [7, 11) is 0. The van der Waals surface area contributed by atoms with Crippen LogP contribution < -0.4 is 4.90 Å². The molecule has 98 valence electrons. The molecule has 1 aromatic carbocycles. The number of fused-ring (bicyclic) bond motifs is 1. The van der Waals surface area contributed by atoms with Crippen molar-refractivity contribution in [1.29, 1.82) is 5.26 Å². The molecule has 0 saturated carbocycles. The van der Waals surface area contributed by atoms with Gasteiger partial charge in [0.25, 0.3) is 0 Å². The van der Waals surface area contributed by atoms with E-state index in [0.717, 1.165) is 42.5 Å². The number of pyridine rings is 1. The molecule has 0 aliphatic carbocycles. The maximum atomic E-state index is 9.35. The van der Waals surface area contributed by atoms with Gasteiger partial charge in [0.15, 0.2) is 0 Å². The van der Waals surface area contributed by atoms with Crippen LogP contribution in [-0.4, -0.2) is 18.1 Å². The van der Waals surface area contributed by atoms with Gasteiger partial charge in [-0.1, -0.05) is 32.0 Å². The van der Waals surface area contributed by atoms with E-state index in [9.17, 15) is 5.26 Å². The van der Waals surface area contributed by atoms with Crippen LogP contribution in [0.5, 0.6) is 0 Å². The van der Waals surface area contributed by atoms with Gasteiger partial charge in [0.2, 0.25) is 0 Å². The largest absolute Gasteiger partial charge is 0.370 e. The number of para-hydroxylation sites is 1. The molecule has 0 aliphatic heterocycles. The van der Waals surface area contributed by atoms with E-state index in [0.29, 0.717) is 5.56 Å². The van der Waals surface area contributed by atoms with Crippen molar-refractivity contribution in [3.63, 3.8) is 0 Å². The first-order valence-corrected chi connectivity index (χ1v) is 6.84. The predicted molar refractivity (Wildman–Crippen MR) is 79.3 cm³/mol. The number of hydrogen-bond donors (Lipinski definition) is 0. The van der Waals surface area contributed by atoms with E-state index >= 15 is 0 Å². The van der Waals surface area contributed by atoms with Crippen LogP contribution >= 0.6 is 0 Å². The Morgan fingerprint density at radius 3 is 2.47 bits per heavy atom. The summed E-state index contributed by atoms with van der Waals surface area (Å²) in [5.74, 6) is 0. The summed E-state index contributed by atoms with van der Waals surface area (Å²) in [6.07, 6.45) is 3.83. The summed E-state index contributed by atoms with van der Waals surface area (Å²) in [4.78, 5) is 6.67. The summed E-state index contributed by atoms with van der Waals surface area (Å²) in [5, 5.41) is 10.4. The highest BCUT2D eigenvalue weighted by Crippen LogP contribution is 2.29. The Hall–Kier alpha value is -2.08. The summed E-state index contributed by atoms with van der Waals surface area (Å²) in [5.41, 5.74) is 2.66. The Balaban J connectivity index is 2.63. The maximum absolute atomic E-state index is 9.35. The first-order valence-electron chi connectivity index (χ1n) is 6.84. The number of nitriles is 1. The highest BCUT2D eigenvalue weighted by molar-refractivity contribution is 5.94. The molecular formula is C16H19N3. The quantitative estimate of drug-likeness (QED) is 0.815. The minimum atomic E-state index is 0.667. The fourth-order valence-electron chi connectivity index (χ4n) is 2.42. The molecule has 0 N–H and O–H groups in total. The molecule has 0 unspecified atom stereocenters. The third kappa shape index (κ3) is 2.68. The van der Waals surface area contributed by atoms with Gasteiger partial charge in [-0.05, 0) is 18.9 Å². The summed E-state index contributed by atoms with van der Waals surface area (Å²) in [6, 6.07) is 10.3.